The molecule has 25 heavy (non-hydrogen) atoms. The van der Waals surface area contributed by atoms with Gasteiger partial charge in [0.2, 0.25) is 6.43 Å². The van der Waals surface area contributed by atoms with E-state index in [4.69, 9.17) is 5.11 Å². The second kappa shape index (κ2) is 8.15. The van der Waals surface area contributed by atoms with Crippen LogP contribution in [0.4, 0.5) is 8.78 Å². The van der Waals surface area contributed by atoms with Gasteiger partial charge in [0.05, 0.1) is 0 Å². The summed E-state index contributed by atoms with van der Waals surface area (Å²) >= 11 is 1.23. The van der Waals surface area contributed by atoms with Gasteiger partial charge in [0, 0.05) is 17.4 Å². The lowest BCUT2D eigenvalue weighted by molar-refractivity contribution is -0.140. The van der Waals surface area contributed by atoms with E-state index in [1.165, 1.54) is 22.3 Å². The van der Waals surface area contributed by atoms with Gasteiger partial charge in [-0.3, -0.25) is 4.79 Å². The lowest BCUT2D eigenvalue weighted by Crippen LogP contribution is -2.42. The first-order valence-corrected chi connectivity index (χ1v) is 8.53. The molecule has 0 fully saturated rings. The molecule has 1 amide bonds. The number of hydrogen-bond donors (Lipinski definition) is 2. The van der Waals surface area contributed by atoms with Gasteiger partial charge in [-0.25, -0.2) is 18.6 Å². The molecule has 0 bridgehead atoms. The van der Waals surface area contributed by atoms with Gasteiger partial charge in [-0.1, -0.05) is 38.1 Å². The van der Waals surface area contributed by atoms with Crippen LogP contribution in [0.15, 0.2) is 29.6 Å². The second-order valence-corrected chi connectivity index (χ2v) is 6.66. The van der Waals surface area contributed by atoms with Crippen molar-refractivity contribution in [1.82, 2.24) is 10.3 Å². The first-order valence-electron chi connectivity index (χ1n) is 7.65. The van der Waals surface area contributed by atoms with Crippen molar-refractivity contribution in [2.75, 3.05) is 0 Å². The Kier molecular flexibility index (Phi) is 6.19. The average molecular weight is 368 g/mol. The molecule has 0 saturated heterocycles. The Hall–Kier alpha value is -2.35. The van der Waals surface area contributed by atoms with Crippen molar-refractivity contribution in [3.63, 3.8) is 0 Å². The number of carbonyl (C=O) groups excluding carboxylic acids is 1. The molecule has 1 aromatic heterocycles. The molecule has 0 radical (unpaired) electrons. The van der Waals surface area contributed by atoms with Gasteiger partial charge < -0.3 is 10.4 Å². The smallest absolute Gasteiger partial charge is 0.326 e. The van der Waals surface area contributed by atoms with Gasteiger partial charge in [-0.15, -0.1) is 11.3 Å². The van der Waals surface area contributed by atoms with E-state index in [0.29, 0.717) is 10.9 Å². The van der Waals surface area contributed by atoms with Crippen molar-refractivity contribution in [3.8, 4) is 10.6 Å². The molecule has 134 valence electrons. The minimum Gasteiger partial charge on any atom is -0.480 e. The Labute approximate surface area is 147 Å². The van der Waals surface area contributed by atoms with E-state index in [2.05, 4.69) is 24.1 Å². The lowest BCUT2D eigenvalue weighted by atomic mass is 10.0. The van der Waals surface area contributed by atoms with Crippen molar-refractivity contribution in [2.45, 2.75) is 38.7 Å². The van der Waals surface area contributed by atoms with Crippen LogP contribution < -0.4 is 5.32 Å². The van der Waals surface area contributed by atoms with E-state index in [1.54, 1.807) is 0 Å². The molecule has 0 spiro atoms. The molecule has 1 heterocycles. The summed E-state index contributed by atoms with van der Waals surface area (Å²) in [6, 6.07) is 6.09. The summed E-state index contributed by atoms with van der Waals surface area (Å²) in [6.07, 6.45) is -3.78. The quantitative estimate of drug-likeness (QED) is 0.780. The Bertz CT molecular complexity index is 745. The van der Waals surface area contributed by atoms with Crippen LogP contribution >= 0.6 is 11.3 Å². The van der Waals surface area contributed by atoms with Crippen LogP contribution in [0, 0.1) is 0 Å². The van der Waals surface area contributed by atoms with E-state index in [0.717, 1.165) is 5.56 Å². The van der Waals surface area contributed by atoms with Gasteiger partial charge in [-0.2, -0.15) is 0 Å². The lowest BCUT2D eigenvalue weighted by Gasteiger charge is -2.12. The predicted molar refractivity (Wildman–Crippen MR) is 91.2 cm³/mol. The number of aromatic nitrogens is 1. The highest BCUT2D eigenvalue weighted by molar-refractivity contribution is 7.13. The monoisotopic (exact) mass is 368 g/mol. The summed E-state index contributed by atoms with van der Waals surface area (Å²) in [7, 11) is 0. The highest BCUT2D eigenvalue weighted by Crippen LogP contribution is 2.25. The van der Waals surface area contributed by atoms with E-state index in [1.807, 2.05) is 24.3 Å². The average Bonchev–Trinajstić information content (AvgIpc) is 3.03. The highest BCUT2D eigenvalue weighted by Gasteiger charge is 2.25. The third kappa shape index (κ3) is 5.06. The minimum atomic E-state index is -2.83. The molecule has 1 unspecified atom stereocenters. The zero-order chi connectivity index (χ0) is 18.6. The number of nitrogens with one attached hydrogen (secondary N) is 1. The van der Waals surface area contributed by atoms with Gasteiger partial charge in [0.15, 0.2) is 0 Å². The van der Waals surface area contributed by atoms with E-state index in [-0.39, 0.29) is 5.69 Å². The molecule has 0 aliphatic rings. The topological polar surface area (TPSA) is 79.3 Å². The molecular weight excluding hydrogens is 350 g/mol. The van der Waals surface area contributed by atoms with Crippen molar-refractivity contribution in [3.05, 3.63) is 40.9 Å². The summed E-state index contributed by atoms with van der Waals surface area (Å²) in [4.78, 5) is 27.2. The van der Waals surface area contributed by atoms with Crippen LogP contribution in [0.25, 0.3) is 10.6 Å². The molecule has 8 heteroatoms. The maximum Gasteiger partial charge on any atom is 0.326 e. The van der Waals surface area contributed by atoms with Gasteiger partial charge in [0.1, 0.15) is 16.7 Å². The van der Waals surface area contributed by atoms with Crippen molar-refractivity contribution in [2.24, 2.45) is 0 Å². The molecule has 1 atom stereocenters. The third-order valence-electron chi connectivity index (χ3n) is 3.58. The van der Waals surface area contributed by atoms with Crippen LogP contribution in [0.5, 0.6) is 0 Å². The van der Waals surface area contributed by atoms with Crippen LogP contribution in [-0.4, -0.2) is 34.4 Å². The number of thiazole rings is 1. The SMILES string of the molecule is CC(C)c1ccc(-c2nc(C(=O)NC(CC(F)F)C(=O)O)cs2)cc1. The maximum absolute atomic E-state index is 12.4. The first kappa shape index (κ1) is 19.0. The Morgan fingerprint density at radius 2 is 1.88 bits per heavy atom. The van der Waals surface area contributed by atoms with Crippen LogP contribution in [0.2, 0.25) is 0 Å². The second-order valence-electron chi connectivity index (χ2n) is 5.81. The molecular formula is C17H18F2N2O3S. The van der Waals surface area contributed by atoms with Crippen LogP contribution in [-0.2, 0) is 4.79 Å². The number of carbonyl (C=O) groups is 2. The van der Waals surface area contributed by atoms with E-state index >= 15 is 0 Å². The number of nitrogens with zero attached hydrogens (tertiary/aromatic N) is 1. The maximum atomic E-state index is 12.4. The molecule has 2 rings (SSSR count). The molecule has 2 aromatic rings. The summed E-state index contributed by atoms with van der Waals surface area (Å²) in [5.41, 5.74) is 2.01. The largest absolute Gasteiger partial charge is 0.480 e. The number of hydrogen-bond acceptors (Lipinski definition) is 4. The standard InChI is InChI=1S/C17H18F2N2O3S/c1-9(2)10-3-5-11(6-4-10)16-21-13(8-25-16)15(22)20-12(17(23)24)7-14(18)19/h3-6,8-9,12,14H,7H2,1-2H3,(H,20,22)(H,23,24). The number of carboxylic acid groups (broad SMARTS) is 1. The fourth-order valence-electron chi connectivity index (χ4n) is 2.15. The number of benzene rings is 1. The summed E-state index contributed by atoms with van der Waals surface area (Å²) < 4.78 is 24.8. The fourth-order valence-corrected chi connectivity index (χ4v) is 2.96. The van der Waals surface area contributed by atoms with Crippen LogP contribution in [0.3, 0.4) is 0 Å². The summed E-state index contributed by atoms with van der Waals surface area (Å²) in [6.45, 7) is 4.16. The fraction of sp³-hybridized carbons (Fsp3) is 0.353. The zero-order valence-corrected chi connectivity index (χ0v) is 14.5. The molecule has 0 aliphatic heterocycles. The number of rotatable bonds is 7. The van der Waals surface area contributed by atoms with Gasteiger partial charge in [-0.05, 0) is 11.5 Å². The Morgan fingerprint density at radius 1 is 1.24 bits per heavy atom. The van der Waals surface area contributed by atoms with Crippen molar-refractivity contribution >= 4 is 23.2 Å². The normalized spacial score (nSPS) is 12.4. The molecule has 5 nitrogen and oxygen atoms in total. The van der Waals surface area contributed by atoms with Gasteiger partial charge in [0.25, 0.3) is 5.91 Å². The number of halogens is 2. The molecule has 2 N–H and O–H groups in total. The Morgan fingerprint density at radius 3 is 2.40 bits per heavy atom. The van der Waals surface area contributed by atoms with Crippen LogP contribution in [0.1, 0.15) is 42.2 Å². The Balaban J connectivity index is 2.11. The van der Waals surface area contributed by atoms with Crippen molar-refractivity contribution < 1.29 is 23.5 Å². The highest BCUT2D eigenvalue weighted by atomic mass is 32.1. The number of aliphatic carboxylic acids is 1. The number of carboxylic acids is 1. The van der Waals surface area contributed by atoms with E-state index < -0.39 is 30.8 Å². The van der Waals surface area contributed by atoms with E-state index in [9.17, 15) is 18.4 Å². The summed E-state index contributed by atoms with van der Waals surface area (Å²) in [5.74, 6) is -1.89. The first-order chi connectivity index (χ1) is 11.8. The number of alkyl halides is 2. The zero-order valence-electron chi connectivity index (χ0n) is 13.7. The summed E-state index contributed by atoms with van der Waals surface area (Å²) in [5, 5.41) is 13.1. The predicted octanol–water partition coefficient (Wildman–Crippen LogP) is 3.77. The molecule has 0 aliphatic carbocycles. The molecule has 1 aromatic carbocycles. The third-order valence-corrected chi connectivity index (χ3v) is 4.47. The van der Waals surface area contributed by atoms with Gasteiger partial charge >= 0.3 is 5.97 Å². The van der Waals surface area contributed by atoms with Crippen molar-refractivity contribution in [1.29, 1.82) is 0 Å². The molecule has 0 saturated carbocycles. The minimum absolute atomic E-state index is 0.00783. The number of amides is 1.